The van der Waals surface area contributed by atoms with Gasteiger partial charge < -0.3 is 48.3 Å². The molecule has 3 aliphatic heterocycles. The van der Waals surface area contributed by atoms with E-state index in [-0.39, 0.29) is 18.5 Å². The van der Waals surface area contributed by atoms with E-state index in [1.165, 1.54) is 146 Å². The van der Waals surface area contributed by atoms with Gasteiger partial charge in [-0.15, -0.1) is 0 Å². The van der Waals surface area contributed by atoms with Crippen molar-refractivity contribution in [2.75, 3.05) is 64.9 Å². The number of rotatable bonds is 18. The van der Waals surface area contributed by atoms with Gasteiger partial charge in [0.05, 0.1) is 81.0 Å². The molecule has 18 rings (SSSR count). The van der Waals surface area contributed by atoms with Crippen molar-refractivity contribution in [3.8, 4) is 50.9 Å². The molecule has 0 aliphatic carbocycles. The highest BCUT2D eigenvalue weighted by atomic mass is 16.5. The summed E-state index contributed by atoms with van der Waals surface area (Å²) in [7, 11) is 11.3. The number of aryl methyl sites for hydroxylation is 1. The van der Waals surface area contributed by atoms with E-state index in [1.807, 2.05) is 12.1 Å². The third-order valence-corrected chi connectivity index (χ3v) is 26.3. The third-order valence-electron chi connectivity index (χ3n) is 26.3. The fraction of sp³-hybridized carbons (Fsp3) is 0.301. The number of hydrogen-bond acceptors (Lipinski definition) is 10. The van der Waals surface area contributed by atoms with Crippen LogP contribution in [0.2, 0.25) is 0 Å². The Hall–Kier alpha value is -12.9. The maximum Gasteiger partial charge on any atom is 0.375 e. The fourth-order valence-electron chi connectivity index (χ4n) is 19.5. The van der Waals surface area contributed by atoms with Crippen molar-refractivity contribution >= 4 is 90.4 Å². The Labute approximate surface area is 749 Å². The Kier molecular flexibility index (Phi) is 25.7. The van der Waals surface area contributed by atoms with Crippen LogP contribution >= 0.6 is 0 Å². The average Bonchev–Trinajstić information content (AvgIpc) is 1.55. The second-order valence-corrected chi connectivity index (χ2v) is 35.9. The van der Waals surface area contributed by atoms with E-state index in [0.717, 1.165) is 51.2 Å². The van der Waals surface area contributed by atoms with E-state index in [1.54, 1.807) is 28.4 Å². The molecule has 13 aromatic carbocycles. The Morgan fingerprint density at radius 1 is 0.286 bits per heavy atom. The molecule has 3 atom stereocenters. The van der Waals surface area contributed by atoms with Gasteiger partial charge in [0.1, 0.15) is 69.2 Å². The van der Waals surface area contributed by atoms with Gasteiger partial charge in [0, 0.05) is 46.4 Å². The normalized spacial score (nSPS) is 14.6. The van der Waals surface area contributed by atoms with Crippen molar-refractivity contribution in [2.45, 2.75) is 186 Å². The number of ether oxygens (including phenoxy) is 4. The van der Waals surface area contributed by atoms with E-state index in [4.69, 9.17) is 18.9 Å². The lowest BCUT2D eigenvalue weighted by Crippen LogP contribution is -2.36. The van der Waals surface area contributed by atoms with Gasteiger partial charge in [-0.25, -0.2) is 4.57 Å². The van der Waals surface area contributed by atoms with Crippen LogP contribution in [0.3, 0.4) is 0 Å². The zero-order valence-electron chi connectivity index (χ0n) is 78.8. The summed E-state index contributed by atoms with van der Waals surface area (Å²) >= 11 is 0. The van der Waals surface area contributed by atoms with Gasteiger partial charge in [-0.2, -0.15) is 8.97 Å². The number of anilines is 11. The first-order valence-electron chi connectivity index (χ1n) is 45.1. The molecule has 0 N–H and O–H groups in total. The largest absolute Gasteiger partial charge is 0.496 e. The van der Waals surface area contributed by atoms with Crippen LogP contribution in [0.5, 0.6) is 23.0 Å². The molecular formula is C113H128N9O4+. The Balaban J connectivity index is 0.000000132. The molecule has 0 fully saturated rings. The number of para-hydroxylation sites is 12. The van der Waals surface area contributed by atoms with E-state index in [9.17, 15) is 0 Å². The van der Waals surface area contributed by atoms with Crippen molar-refractivity contribution in [2.24, 2.45) is 7.05 Å². The Bertz CT molecular complexity index is 6400. The number of aromatic nitrogens is 3. The van der Waals surface area contributed by atoms with Crippen LogP contribution in [-0.4, -0.2) is 63.0 Å². The van der Waals surface area contributed by atoms with E-state index >= 15 is 0 Å². The van der Waals surface area contributed by atoms with Gasteiger partial charge in [0.2, 0.25) is 0 Å². The van der Waals surface area contributed by atoms with Gasteiger partial charge in [0.15, 0.2) is 0 Å². The lowest BCUT2D eigenvalue weighted by Gasteiger charge is -2.32. The molecule has 648 valence electrons. The molecule has 0 bridgehead atoms. The quantitative estimate of drug-likeness (QED) is 0.0776. The van der Waals surface area contributed by atoms with Gasteiger partial charge >= 0.3 is 5.78 Å². The summed E-state index contributed by atoms with van der Waals surface area (Å²) in [6.07, 6.45) is 0.477. The van der Waals surface area contributed by atoms with Crippen LogP contribution < -0.4 is 52.9 Å². The van der Waals surface area contributed by atoms with Crippen LogP contribution in [0.15, 0.2) is 267 Å². The topological polar surface area (TPSA) is 69.6 Å². The monoisotopic (exact) mass is 1680 g/mol. The summed E-state index contributed by atoms with van der Waals surface area (Å²) in [6, 6.07) is 95.8. The molecule has 2 aromatic heterocycles. The zero-order chi connectivity index (χ0) is 89.5. The molecule has 0 spiro atoms. The standard InChI is InChI=1S/C37H44N2O.C32H42N2O.C22H20N3O.C22H22N2O/c1-23(2)28-19-31(24(3)4)37(32(20-28)25(5)6)29-21-35(26(7)36(22-29)40-9)39-27(8)38(30-15-11-10-12-16-30)33-17-13-14-18-34(33)39;1-19(2)24-15-26(20(3)4)32(27(16-24)21(5)6)25-17-30(22(7)31(18-25)35-10)34-23(8)33(9)28-13-11-12-14-29(28)34;1-15-16(13-8-14-21(15)26-3)24-19-11-6-7-12-20(19)25-18-10-5-4-9-17(18)23(2)22(24)25;1-16-19(14-9-15-22(16)25-3)24-17(2)23(18-10-5-4-6-11-18)20-12-7-8-13-21(20)24/h10-25,27H,1-9H3;11-21,23H,1-10H3;4-14H,1-3H3;4-15,17H,1-3H3/q;;+1;/t27-;23-;;17-/m11.1/s1. The summed E-state index contributed by atoms with van der Waals surface area (Å²) in [5.74, 6) is 7.45. The molecule has 15 aromatic rings. The number of benzene rings is 13. The second-order valence-electron chi connectivity index (χ2n) is 35.9. The van der Waals surface area contributed by atoms with Crippen LogP contribution in [0.1, 0.15) is 195 Å². The van der Waals surface area contributed by atoms with Gasteiger partial charge in [-0.3, -0.25) is 0 Å². The van der Waals surface area contributed by atoms with Crippen LogP contribution in [0.4, 0.5) is 62.6 Å². The minimum atomic E-state index is 0.0934. The summed E-state index contributed by atoms with van der Waals surface area (Å²) in [6.45, 7) is 43.1. The summed E-state index contributed by atoms with van der Waals surface area (Å²) in [5, 5.41) is 0. The Morgan fingerprint density at radius 2 is 0.603 bits per heavy atom. The molecule has 0 saturated carbocycles. The SMILES string of the molecule is COc1cc(-c2c(C(C)C)cc(C(C)C)cc2C(C)C)cc(N2c3ccccc3N(C)[C@H]2C)c1C.COc1cc(-c2c(C(C)C)cc(C(C)C)cc2C(C)C)cc(N2c3ccccc3N(c3ccccc3)[C@H]2C)c1C.COc1cccc(-n2c3ccccc3n3c4ccccc4[n+](C)c23)c1C.COc1cccc(N2c3ccccc3N(c3ccccc3)[C@H]2C)c1C. The molecule has 13 heteroatoms. The summed E-state index contributed by atoms with van der Waals surface area (Å²) in [4.78, 5) is 14.5. The number of methoxy groups -OCH3 is 4. The Morgan fingerprint density at radius 3 is 1.01 bits per heavy atom. The molecule has 5 heterocycles. The highest BCUT2D eigenvalue weighted by molar-refractivity contribution is 5.95. The first-order valence-corrected chi connectivity index (χ1v) is 45.1. The minimum Gasteiger partial charge on any atom is -0.496 e. The highest BCUT2D eigenvalue weighted by Gasteiger charge is 2.40. The smallest absolute Gasteiger partial charge is 0.375 e. The number of fused-ring (bicyclic) bond motifs is 8. The first-order chi connectivity index (χ1) is 60.6. The molecule has 0 saturated heterocycles. The molecule has 0 unspecified atom stereocenters. The molecule has 126 heavy (non-hydrogen) atoms. The number of hydrogen-bond donors (Lipinski definition) is 0. The number of imidazole rings is 2. The first kappa shape index (κ1) is 88.0. The molecule has 0 amide bonds. The van der Waals surface area contributed by atoms with Crippen LogP contribution in [0, 0.1) is 27.7 Å². The van der Waals surface area contributed by atoms with Crippen molar-refractivity contribution in [1.29, 1.82) is 0 Å². The molecule has 0 radical (unpaired) electrons. The lowest BCUT2D eigenvalue weighted by atomic mass is 9.81. The van der Waals surface area contributed by atoms with Gasteiger partial charge in [0.25, 0.3) is 0 Å². The fourth-order valence-corrected chi connectivity index (χ4v) is 19.5. The lowest BCUT2D eigenvalue weighted by molar-refractivity contribution is -0.620. The summed E-state index contributed by atoms with van der Waals surface area (Å²) < 4.78 is 30.1. The van der Waals surface area contributed by atoms with Crippen LogP contribution in [0.25, 0.3) is 55.8 Å². The van der Waals surface area contributed by atoms with Gasteiger partial charge in [-0.1, -0.05) is 217 Å². The highest BCUT2D eigenvalue weighted by Crippen LogP contribution is 2.55. The predicted molar refractivity (Wildman–Crippen MR) is 532 cm³/mol. The molecule has 13 nitrogen and oxygen atoms in total. The van der Waals surface area contributed by atoms with E-state index in [0.29, 0.717) is 35.5 Å². The van der Waals surface area contributed by atoms with Crippen molar-refractivity contribution in [3.05, 3.63) is 323 Å². The second kappa shape index (κ2) is 36.7. The van der Waals surface area contributed by atoms with Crippen LogP contribution in [-0.2, 0) is 7.05 Å². The maximum absolute atomic E-state index is 6.06. The van der Waals surface area contributed by atoms with Crippen molar-refractivity contribution < 1.29 is 23.5 Å². The van der Waals surface area contributed by atoms with Gasteiger partial charge in [-0.05, 0) is 273 Å². The zero-order valence-corrected chi connectivity index (χ0v) is 78.8. The summed E-state index contributed by atoms with van der Waals surface area (Å²) in [5.41, 5.74) is 37.6. The number of nitrogens with zero attached hydrogens (tertiary/aromatic N) is 9. The van der Waals surface area contributed by atoms with E-state index < -0.39 is 0 Å². The maximum atomic E-state index is 6.06. The predicted octanol–water partition coefficient (Wildman–Crippen LogP) is 29.5. The third kappa shape index (κ3) is 16.0. The van der Waals surface area contributed by atoms with E-state index in [2.05, 4.69) is 443 Å². The minimum absolute atomic E-state index is 0.0934. The van der Waals surface area contributed by atoms with Crippen molar-refractivity contribution in [1.82, 2.24) is 8.97 Å². The van der Waals surface area contributed by atoms with Crippen molar-refractivity contribution in [3.63, 3.8) is 0 Å². The molecule has 3 aliphatic rings. The molecular weight excluding hydrogens is 1550 g/mol. The average molecular weight is 1680 g/mol.